The highest BCUT2D eigenvalue weighted by molar-refractivity contribution is 8.01. The van der Waals surface area contributed by atoms with Crippen molar-refractivity contribution in [2.24, 2.45) is 0 Å². The maximum absolute atomic E-state index is 12.3. The van der Waals surface area contributed by atoms with Crippen molar-refractivity contribution in [3.8, 4) is 0 Å². The molecule has 21 heavy (non-hydrogen) atoms. The quantitative estimate of drug-likeness (QED) is 0.861. The van der Waals surface area contributed by atoms with Gasteiger partial charge in [-0.2, -0.15) is 11.8 Å². The lowest BCUT2D eigenvalue weighted by Crippen LogP contribution is -2.47. The molecule has 2 aromatic rings. The fraction of sp³-hybridized carbons (Fsp3) is 0.462. The van der Waals surface area contributed by atoms with E-state index >= 15 is 0 Å². The first-order valence-electron chi connectivity index (χ1n) is 6.73. The van der Waals surface area contributed by atoms with E-state index in [1.54, 1.807) is 18.7 Å². The van der Waals surface area contributed by atoms with Crippen LogP contribution in [-0.4, -0.2) is 42.6 Å². The van der Waals surface area contributed by atoms with Crippen molar-refractivity contribution in [1.82, 2.24) is 4.98 Å². The molecule has 0 bridgehead atoms. The van der Waals surface area contributed by atoms with Crippen molar-refractivity contribution in [1.29, 1.82) is 0 Å². The van der Waals surface area contributed by atoms with Gasteiger partial charge in [-0.15, -0.1) is 0 Å². The molecule has 8 heteroatoms. The third-order valence-electron chi connectivity index (χ3n) is 3.55. The first kappa shape index (κ1) is 14.9. The lowest BCUT2D eigenvalue weighted by molar-refractivity contribution is 0.579. The molecule has 114 valence electrons. The maximum atomic E-state index is 12.3. The monoisotopic (exact) mass is 343 g/mol. The standard InChI is InChI=1S/C13H17N3O2S3/c1-2-21(17,18)12-8-19-6-5-16(12)13-15-10-4-3-9(14)7-11(10)20-13/h3-4,7,12H,2,5-6,8,14H2,1H3. The number of rotatable bonds is 3. The summed E-state index contributed by atoms with van der Waals surface area (Å²) in [5, 5.41) is 0.303. The van der Waals surface area contributed by atoms with Crippen molar-refractivity contribution in [2.75, 3.05) is 34.4 Å². The summed E-state index contributed by atoms with van der Waals surface area (Å²) in [4.78, 5) is 6.53. The number of fused-ring (bicyclic) bond motifs is 1. The Bertz CT molecular complexity index is 757. The van der Waals surface area contributed by atoms with Crippen LogP contribution in [0.2, 0.25) is 0 Å². The fourth-order valence-corrected chi connectivity index (χ4v) is 6.47. The maximum Gasteiger partial charge on any atom is 0.187 e. The lowest BCUT2D eigenvalue weighted by Gasteiger charge is -2.34. The molecule has 1 aliphatic rings. The third-order valence-corrected chi connectivity index (χ3v) is 7.89. The minimum Gasteiger partial charge on any atom is -0.399 e. The summed E-state index contributed by atoms with van der Waals surface area (Å²) in [6.45, 7) is 2.41. The van der Waals surface area contributed by atoms with Crippen LogP contribution < -0.4 is 10.6 Å². The van der Waals surface area contributed by atoms with Gasteiger partial charge in [0.25, 0.3) is 0 Å². The van der Waals surface area contributed by atoms with E-state index in [-0.39, 0.29) is 5.75 Å². The second-order valence-corrected chi connectivity index (χ2v) is 9.50. The van der Waals surface area contributed by atoms with Gasteiger partial charge in [-0.25, -0.2) is 13.4 Å². The van der Waals surface area contributed by atoms with Gasteiger partial charge in [-0.05, 0) is 18.2 Å². The number of anilines is 2. The second kappa shape index (κ2) is 5.66. The van der Waals surface area contributed by atoms with E-state index in [9.17, 15) is 8.42 Å². The Balaban J connectivity index is 2.02. The van der Waals surface area contributed by atoms with E-state index < -0.39 is 15.2 Å². The molecule has 0 saturated carbocycles. The van der Waals surface area contributed by atoms with Crippen LogP contribution in [0.15, 0.2) is 18.2 Å². The van der Waals surface area contributed by atoms with Gasteiger partial charge >= 0.3 is 0 Å². The molecule has 1 fully saturated rings. The first-order chi connectivity index (χ1) is 10.0. The summed E-state index contributed by atoms with van der Waals surface area (Å²) in [5.41, 5.74) is 7.36. The van der Waals surface area contributed by atoms with Crippen molar-refractivity contribution in [3.63, 3.8) is 0 Å². The molecule has 0 spiro atoms. The number of thiazole rings is 1. The highest BCUT2D eigenvalue weighted by Crippen LogP contribution is 2.34. The van der Waals surface area contributed by atoms with Crippen LogP contribution in [0.1, 0.15) is 6.92 Å². The Morgan fingerprint density at radius 3 is 3.05 bits per heavy atom. The van der Waals surface area contributed by atoms with Crippen LogP contribution in [0.4, 0.5) is 10.8 Å². The molecular weight excluding hydrogens is 326 g/mol. The predicted octanol–water partition coefficient (Wildman–Crippen LogP) is 2.19. The summed E-state index contributed by atoms with van der Waals surface area (Å²) in [5.74, 6) is 1.69. The average molecular weight is 343 g/mol. The Morgan fingerprint density at radius 1 is 1.48 bits per heavy atom. The van der Waals surface area contributed by atoms with E-state index in [1.165, 1.54) is 11.3 Å². The average Bonchev–Trinajstić information content (AvgIpc) is 2.90. The van der Waals surface area contributed by atoms with Crippen molar-refractivity contribution in [3.05, 3.63) is 18.2 Å². The number of sulfone groups is 1. The number of benzene rings is 1. The van der Waals surface area contributed by atoms with Crippen LogP contribution in [0.25, 0.3) is 10.2 Å². The molecule has 2 heterocycles. The van der Waals surface area contributed by atoms with Gasteiger partial charge in [0.1, 0.15) is 5.37 Å². The number of thioether (sulfide) groups is 1. The van der Waals surface area contributed by atoms with Gasteiger partial charge in [0.05, 0.1) is 10.2 Å². The second-order valence-electron chi connectivity index (χ2n) is 4.90. The molecule has 0 aliphatic carbocycles. The van der Waals surface area contributed by atoms with Gasteiger partial charge in [0, 0.05) is 29.5 Å². The molecule has 1 aromatic carbocycles. The van der Waals surface area contributed by atoms with E-state index in [0.717, 1.165) is 21.1 Å². The lowest BCUT2D eigenvalue weighted by atomic mass is 10.3. The highest BCUT2D eigenvalue weighted by Gasteiger charge is 2.34. The number of hydrogen-bond donors (Lipinski definition) is 1. The van der Waals surface area contributed by atoms with Gasteiger partial charge < -0.3 is 10.6 Å². The molecule has 0 amide bonds. The molecule has 5 nitrogen and oxygen atoms in total. The van der Waals surface area contributed by atoms with E-state index in [2.05, 4.69) is 4.98 Å². The minimum atomic E-state index is -3.12. The zero-order valence-corrected chi connectivity index (χ0v) is 14.1. The van der Waals surface area contributed by atoms with Gasteiger partial charge in [0.15, 0.2) is 15.0 Å². The normalized spacial score (nSPS) is 20.0. The predicted molar refractivity (Wildman–Crippen MR) is 92.0 cm³/mol. The summed E-state index contributed by atoms with van der Waals surface area (Å²) in [6.07, 6.45) is 0. The Hall–Kier alpha value is -0.990. The highest BCUT2D eigenvalue weighted by atomic mass is 32.2. The van der Waals surface area contributed by atoms with Crippen LogP contribution in [0.3, 0.4) is 0 Å². The topological polar surface area (TPSA) is 76.3 Å². The van der Waals surface area contributed by atoms with Gasteiger partial charge in [-0.1, -0.05) is 18.3 Å². The fourth-order valence-electron chi connectivity index (χ4n) is 2.34. The van der Waals surface area contributed by atoms with Crippen molar-refractivity contribution < 1.29 is 8.42 Å². The van der Waals surface area contributed by atoms with Crippen molar-refractivity contribution in [2.45, 2.75) is 12.3 Å². The van der Waals surface area contributed by atoms with E-state index in [4.69, 9.17) is 5.73 Å². The molecule has 0 radical (unpaired) electrons. The molecule has 1 saturated heterocycles. The van der Waals surface area contributed by atoms with Gasteiger partial charge in [0.2, 0.25) is 0 Å². The molecule has 3 rings (SSSR count). The Kier molecular flexibility index (Phi) is 4.02. The Labute approximate surface area is 132 Å². The molecule has 1 atom stereocenters. The smallest absolute Gasteiger partial charge is 0.187 e. The van der Waals surface area contributed by atoms with E-state index in [0.29, 0.717) is 18.0 Å². The molecule has 1 aromatic heterocycles. The zero-order chi connectivity index (χ0) is 15.0. The summed E-state index contributed by atoms with van der Waals surface area (Å²) in [6, 6.07) is 5.59. The zero-order valence-electron chi connectivity index (χ0n) is 11.7. The number of nitrogens with two attached hydrogens (primary N) is 1. The SMILES string of the molecule is CCS(=O)(=O)C1CSCCN1c1nc2ccc(N)cc2s1. The largest absolute Gasteiger partial charge is 0.399 e. The Morgan fingerprint density at radius 2 is 2.29 bits per heavy atom. The third kappa shape index (κ3) is 2.84. The molecule has 1 unspecified atom stereocenters. The minimum absolute atomic E-state index is 0.159. The number of nitrogens with zero attached hydrogens (tertiary/aromatic N) is 2. The van der Waals surface area contributed by atoms with E-state index in [1.807, 2.05) is 23.1 Å². The summed E-state index contributed by atoms with van der Waals surface area (Å²) in [7, 11) is -3.12. The number of aromatic nitrogens is 1. The van der Waals surface area contributed by atoms with Crippen LogP contribution in [-0.2, 0) is 9.84 Å². The van der Waals surface area contributed by atoms with Crippen LogP contribution >= 0.6 is 23.1 Å². The number of nitrogen functional groups attached to an aromatic ring is 1. The van der Waals surface area contributed by atoms with Crippen molar-refractivity contribution >= 4 is 54.0 Å². The summed E-state index contributed by atoms with van der Waals surface area (Å²) < 4.78 is 25.6. The van der Waals surface area contributed by atoms with Gasteiger partial charge in [-0.3, -0.25) is 0 Å². The summed E-state index contributed by atoms with van der Waals surface area (Å²) >= 11 is 3.20. The molecule has 2 N–H and O–H groups in total. The first-order valence-corrected chi connectivity index (χ1v) is 10.4. The molecular formula is C13H17N3O2S3. The molecule has 1 aliphatic heterocycles. The van der Waals surface area contributed by atoms with Crippen LogP contribution in [0, 0.1) is 0 Å². The number of hydrogen-bond acceptors (Lipinski definition) is 7. The van der Waals surface area contributed by atoms with Crippen LogP contribution in [0.5, 0.6) is 0 Å².